The number of carbonyl (C=O) groups excluding carboxylic acids is 2. The fraction of sp³-hybridized carbons (Fsp3) is 0.333. The maximum absolute atomic E-state index is 12.4. The average Bonchev–Trinajstić information content (AvgIpc) is 3.14. The average molecular weight is 326 g/mol. The van der Waals surface area contributed by atoms with Gasteiger partial charge in [-0.2, -0.15) is 0 Å². The molecular weight excluding hydrogens is 308 g/mol. The lowest BCUT2D eigenvalue weighted by Gasteiger charge is -2.37. The Bertz CT molecular complexity index is 783. The van der Waals surface area contributed by atoms with Crippen molar-refractivity contribution in [1.82, 2.24) is 4.90 Å². The molecule has 1 aromatic carbocycles. The van der Waals surface area contributed by atoms with Gasteiger partial charge < -0.3 is 0 Å². The van der Waals surface area contributed by atoms with Gasteiger partial charge in [0, 0.05) is 17.5 Å². The third-order valence-corrected chi connectivity index (χ3v) is 5.79. The molecule has 118 valence electrons. The smallest absolute Gasteiger partial charge is 0.291 e. The second-order valence-electron chi connectivity index (χ2n) is 6.01. The van der Waals surface area contributed by atoms with Gasteiger partial charge in [-0.25, -0.2) is 0 Å². The number of rotatable bonds is 3. The third-order valence-electron chi connectivity index (χ3n) is 4.79. The maximum Gasteiger partial charge on any atom is 0.300 e. The van der Waals surface area contributed by atoms with Crippen LogP contribution in [-0.2, 0) is 11.2 Å². The van der Waals surface area contributed by atoms with Gasteiger partial charge in [0.1, 0.15) is 0 Å². The van der Waals surface area contributed by atoms with E-state index in [9.17, 15) is 9.59 Å². The highest BCUT2D eigenvalue weighted by atomic mass is 32.1. The summed E-state index contributed by atoms with van der Waals surface area (Å²) in [7, 11) is 0. The number of ketones is 1. The molecule has 23 heavy (non-hydrogen) atoms. The highest BCUT2D eigenvalue weighted by Gasteiger charge is 2.38. The molecule has 3 heterocycles. The van der Waals surface area contributed by atoms with E-state index in [0.717, 1.165) is 25.1 Å². The molecule has 0 aliphatic carbocycles. The van der Waals surface area contributed by atoms with Crippen molar-refractivity contribution < 1.29 is 9.59 Å². The number of hydrogen-bond donors (Lipinski definition) is 0. The minimum Gasteiger partial charge on any atom is -0.291 e. The Balaban J connectivity index is 1.64. The molecule has 1 atom stereocenters. The van der Waals surface area contributed by atoms with Gasteiger partial charge in [0.15, 0.2) is 0 Å². The second kappa shape index (κ2) is 5.58. The van der Waals surface area contributed by atoms with Crippen molar-refractivity contribution >= 4 is 28.7 Å². The monoisotopic (exact) mass is 326 g/mol. The van der Waals surface area contributed by atoms with Gasteiger partial charge in [-0.3, -0.25) is 19.4 Å². The van der Waals surface area contributed by atoms with E-state index in [1.165, 1.54) is 10.4 Å². The van der Waals surface area contributed by atoms with E-state index in [1.54, 1.807) is 17.0 Å². The zero-order chi connectivity index (χ0) is 16.0. The van der Waals surface area contributed by atoms with Gasteiger partial charge in [-0.05, 0) is 42.0 Å². The first kappa shape index (κ1) is 14.6. The highest BCUT2D eigenvalue weighted by molar-refractivity contribution is 7.10. The Kier molecular flexibility index (Phi) is 3.54. The summed E-state index contributed by atoms with van der Waals surface area (Å²) >= 11 is 1.82. The summed E-state index contributed by atoms with van der Waals surface area (Å²) in [5.74, 6) is -0.793. The Labute approximate surface area is 139 Å². The molecule has 2 aliphatic heterocycles. The van der Waals surface area contributed by atoms with Crippen LogP contribution in [0, 0.1) is 0 Å². The molecular formula is C18H18N2O2S. The van der Waals surface area contributed by atoms with E-state index < -0.39 is 5.91 Å². The lowest BCUT2D eigenvalue weighted by atomic mass is 9.98. The van der Waals surface area contributed by atoms with Crippen molar-refractivity contribution in [3.63, 3.8) is 0 Å². The molecule has 0 saturated carbocycles. The van der Waals surface area contributed by atoms with Gasteiger partial charge in [0.05, 0.1) is 17.9 Å². The lowest BCUT2D eigenvalue weighted by molar-refractivity contribution is -0.114. The number of Topliss-reactive ketones (excluding diaryl/α,β-unsaturated/α-hetero) is 1. The van der Waals surface area contributed by atoms with E-state index in [2.05, 4.69) is 23.3 Å². The molecule has 5 heteroatoms. The molecule has 0 radical (unpaired) electrons. The molecule has 0 bridgehead atoms. The Morgan fingerprint density at radius 3 is 2.87 bits per heavy atom. The lowest BCUT2D eigenvalue weighted by Crippen LogP contribution is -2.45. The van der Waals surface area contributed by atoms with E-state index in [0.29, 0.717) is 18.3 Å². The molecule has 1 aromatic heterocycles. The van der Waals surface area contributed by atoms with Crippen molar-refractivity contribution in [2.75, 3.05) is 18.1 Å². The van der Waals surface area contributed by atoms with Crippen LogP contribution in [0.2, 0.25) is 0 Å². The molecule has 0 saturated heterocycles. The number of thiophene rings is 1. The van der Waals surface area contributed by atoms with Crippen molar-refractivity contribution in [1.29, 1.82) is 0 Å². The summed E-state index contributed by atoms with van der Waals surface area (Å²) in [5, 5.41) is 2.15. The molecule has 4 rings (SSSR count). The summed E-state index contributed by atoms with van der Waals surface area (Å²) in [6, 6.07) is 9.80. The van der Waals surface area contributed by atoms with Gasteiger partial charge in [-0.15, -0.1) is 11.3 Å². The van der Waals surface area contributed by atoms with Crippen LogP contribution in [0.3, 0.4) is 0 Å². The number of anilines is 1. The van der Waals surface area contributed by atoms with Crippen LogP contribution in [0.15, 0.2) is 35.7 Å². The predicted molar refractivity (Wildman–Crippen MR) is 90.9 cm³/mol. The van der Waals surface area contributed by atoms with Crippen LogP contribution in [0.25, 0.3) is 0 Å². The van der Waals surface area contributed by atoms with Gasteiger partial charge in [0.25, 0.3) is 5.78 Å². The highest BCUT2D eigenvalue weighted by Crippen LogP contribution is 2.37. The minimum atomic E-state index is -0.405. The summed E-state index contributed by atoms with van der Waals surface area (Å²) in [6.45, 7) is 3.58. The number of hydrogen-bond acceptors (Lipinski definition) is 4. The number of para-hydroxylation sites is 1. The Morgan fingerprint density at radius 1 is 1.22 bits per heavy atom. The number of nitrogens with zero attached hydrogens (tertiary/aromatic N) is 2. The first-order valence-electron chi connectivity index (χ1n) is 7.96. The van der Waals surface area contributed by atoms with Crippen LogP contribution in [0.1, 0.15) is 40.2 Å². The third kappa shape index (κ3) is 2.23. The summed E-state index contributed by atoms with van der Waals surface area (Å²) in [6.07, 6.45) is 2.02. The van der Waals surface area contributed by atoms with Crippen molar-refractivity contribution in [2.45, 2.75) is 25.8 Å². The fourth-order valence-corrected chi connectivity index (χ4v) is 4.59. The van der Waals surface area contributed by atoms with E-state index in [4.69, 9.17) is 0 Å². The molecule has 0 fully saturated rings. The largest absolute Gasteiger partial charge is 0.300 e. The molecule has 4 nitrogen and oxygen atoms in total. The van der Waals surface area contributed by atoms with E-state index in [-0.39, 0.29) is 5.78 Å². The molecule has 0 unspecified atom stereocenters. The number of amides is 1. The summed E-state index contributed by atoms with van der Waals surface area (Å²) in [5.41, 5.74) is 2.65. The maximum atomic E-state index is 12.4. The second-order valence-corrected chi connectivity index (χ2v) is 7.01. The number of fused-ring (bicyclic) bond motifs is 2. The normalized spacial score (nSPS) is 20.7. The predicted octanol–water partition coefficient (Wildman–Crippen LogP) is 3.24. The van der Waals surface area contributed by atoms with Crippen LogP contribution < -0.4 is 4.90 Å². The summed E-state index contributed by atoms with van der Waals surface area (Å²) < 4.78 is 0. The molecule has 2 aromatic rings. The topological polar surface area (TPSA) is 40.6 Å². The Hall–Kier alpha value is -1.98. The van der Waals surface area contributed by atoms with Crippen LogP contribution in [0.4, 0.5) is 5.69 Å². The first-order valence-corrected chi connectivity index (χ1v) is 8.84. The Morgan fingerprint density at radius 2 is 2.04 bits per heavy atom. The van der Waals surface area contributed by atoms with Crippen LogP contribution in [0.5, 0.6) is 0 Å². The van der Waals surface area contributed by atoms with E-state index in [1.807, 2.05) is 23.5 Å². The van der Waals surface area contributed by atoms with Crippen LogP contribution in [-0.4, -0.2) is 29.8 Å². The van der Waals surface area contributed by atoms with Gasteiger partial charge >= 0.3 is 5.91 Å². The van der Waals surface area contributed by atoms with Gasteiger partial charge in [0.2, 0.25) is 0 Å². The quantitative estimate of drug-likeness (QED) is 0.813. The standard InChI is InChI=1S/C18H18N2O2S/c1-2-14-12-8-10-23-16(12)7-9-19(14)11-20-15-6-4-3-5-13(15)17(21)18(20)22/h3-6,8,10,14H,2,7,9,11H2,1H3/t14-/m1/s1. The van der Waals surface area contributed by atoms with Crippen molar-refractivity contribution in [2.24, 2.45) is 0 Å². The molecule has 0 N–H and O–H groups in total. The van der Waals surface area contributed by atoms with E-state index >= 15 is 0 Å². The van der Waals surface area contributed by atoms with Crippen molar-refractivity contribution in [3.05, 3.63) is 51.7 Å². The van der Waals surface area contributed by atoms with Crippen molar-refractivity contribution in [3.8, 4) is 0 Å². The fourth-order valence-electron chi connectivity index (χ4n) is 3.67. The molecule has 0 spiro atoms. The van der Waals surface area contributed by atoms with Gasteiger partial charge in [-0.1, -0.05) is 19.1 Å². The zero-order valence-electron chi connectivity index (χ0n) is 13.0. The minimum absolute atomic E-state index is 0.320. The number of carbonyl (C=O) groups is 2. The first-order chi connectivity index (χ1) is 11.2. The molecule has 2 aliphatic rings. The number of benzene rings is 1. The van der Waals surface area contributed by atoms with Crippen LogP contribution >= 0.6 is 11.3 Å². The molecule has 1 amide bonds. The summed E-state index contributed by atoms with van der Waals surface area (Å²) in [4.78, 5) is 29.9. The zero-order valence-corrected chi connectivity index (χ0v) is 13.8. The SMILES string of the molecule is CC[C@@H]1c2ccsc2CCN1CN1C(=O)C(=O)c2ccccc21.